The maximum absolute atomic E-state index is 12.9. The monoisotopic (exact) mass is 455 g/mol. The summed E-state index contributed by atoms with van der Waals surface area (Å²) in [6.07, 6.45) is 1.66. The van der Waals surface area contributed by atoms with E-state index in [2.05, 4.69) is 20.8 Å². The van der Waals surface area contributed by atoms with E-state index in [4.69, 9.17) is 11.6 Å². The molecular formula is C22H22ClN5O2S. The average molecular weight is 456 g/mol. The van der Waals surface area contributed by atoms with Gasteiger partial charge in [0.05, 0.1) is 6.04 Å². The molecule has 0 bridgehead atoms. The van der Waals surface area contributed by atoms with Crippen LogP contribution >= 0.6 is 22.9 Å². The summed E-state index contributed by atoms with van der Waals surface area (Å²) in [4.78, 5) is 27.2. The van der Waals surface area contributed by atoms with Crippen LogP contribution in [0.25, 0.3) is 0 Å². The molecule has 0 spiro atoms. The van der Waals surface area contributed by atoms with E-state index < -0.39 is 0 Å². The van der Waals surface area contributed by atoms with Crippen molar-refractivity contribution in [2.75, 3.05) is 17.2 Å². The Kier molecular flexibility index (Phi) is 6.20. The zero-order chi connectivity index (χ0) is 22.0. The molecule has 0 radical (unpaired) electrons. The van der Waals surface area contributed by atoms with Crippen LogP contribution in [0.4, 0.5) is 16.2 Å². The number of hydrogen-bond donors (Lipinski definition) is 2. The van der Waals surface area contributed by atoms with E-state index in [0.717, 1.165) is 24.1 Å². The van der Waals surface area contributed by atoms with Gasteiger partial charge >= 0.3 is 6.03 Å². The number of anilines is 2. The smallest absolute Gasteiger partial charge is 0.320 e. The molecule has 160 valence electrons. The summed E-state index contributed by atoms with van der Waals surface area (Å²) < 4.78 is 0. The van der Waals surface area contributed by atoms with Crippen molar-refractivity contribution in [1.82, 2.24) is 15.1 Å². The molecule has 1 saturated heterocycles. The minimum atomic E-state index is -0.338. The Hall–Kier alpha value is -2.97. The first-order chi connectivity index (χ1) is 14.9. The van der Waals surface area contributed by atoms with Crippen LogP contribution in [-0.2, 0) is 0 Å². The van der Waals surface area contributed by atoms with Crippen molar-refractivity contribution < 1.29 is 9.59 Å². The molecular weight excluding hydrogens is 434 g/mol. The van der Waals surface area contributed by atoms with Gasteiger partial charge in [0.25, 0.3) is 5.91 Å². The molecule has 3 aromatic rings. The van der Waals surface area contributed by atoms with Gasteiger partial charge in [0.2, 0.25) is 5.01 Å². The van der Waals surface area contributed by atoms with Crippen molar-refractivity contribution in [2.45, 2.75) is 32.7 Å². The topological polar surface area (TPSA) is 87.2 Å². The summed E-state index contributed by atoms with van der Waals surface area (Å²) in [5.74, 6) is -0.338. The summed E-state index contributed by atoms with van der Waals surface area (Å²) in [6.45, 7) is 4.68. The summed E-state index contributed by atoms with van der Waals surface area (Å²) >= 11 is 7.09. The van der Waals surface area contributed by atoms with E-state index in [9.17, 15) is 9.59 Å². The normalized spacial score (nSPS) is 15.7. The number of amides is 3. The molecule has 0 saturated carbocycles. The fourth-order valence-corrected chi connectivity index (χ4v) is 4.47. The molecule has 1 aromatic heterocycles. The van der Waals surface area contributed by atoms with Gasteiger partial charge in [0, 0.05) is 22.9 Å². The second kappa shape index (κ2) is 9.03. The number of hydrogen-bond acceptors (Lipinski definition) is 5. The van der Waals surface area contributed by atoms with Gasteiger partial charge in [-0.1, -0.05) is 29.0 Å². The van der Waals surface area contributed by atoms with E-state index in [1.54, 1.807) is 29.2 Å². The maximum Gasteiger partial charge on any atom is 0.322 e. The van der Waals surface area contributed by atoms with Crippen LogP contribution in [0.1, 0.15) is 44.8 Å². The highest BCUT2D eigenvalue weighted by atomic mass is 35.5. The lowest BCUT2D eigenvalue weighted by molar-refractivity contribution is 0.102. The highest BCUT2D eigenvalue weighted by molar-refractivity contribution is 7.13. The Labute approximate surface area is 189 Å². The molecule has 2 aromatic carbocycles. The van der Waals surface area contributed by atoms with Gasteiger partial charge in [0.1, 0.15) is 5.01 Å². The number of rotatable bonds is 4. The minimum absolute atomic E-state index is 0.173. The lowest BCUT2D eigenvalue weighted by Gasteiger charge is -2.23. The molecule has 1 atom stereocenters. The lowest BCUT2D eigenvalue weighted by atomic mass is 10.1. The second-order valence-corrected chi connectivity index (χ2v) is 8.93. The quantitative estimate of drug-likeness (QED) is 0.549. The molecule has 2 N–H and O–H groups in total. The predicted octanol–water partition coefficient (Wildman–Crippen LogP) is 5.43. The Balaban J connectivity index is 1.44. The number of benzene rings is 2. The van der Waals surface area contributed by atoms with Crippen molar-refractivity contribution in [3.63, 3.8) is 0 Å². The SMILES string of the molecule is Cc1ccc(NC(=O)N2CCC[C@@H]2c2nnc(C(=O)Nc3ccc(Cl)cc3)s2)cc1C. The molecule has 1 aliphatic rings. The van der Waals surface area contributed by atoms with Crippen LogP contribution < -0.4 is 10.6 Å². The second-order valence-electron chi connectivity index (χ2n) is 7.49. The van der Waals surface area contributed by atoms with E-state index in [-0.39, 0.29) is 23.0 Å². The molecule has 0 unspecified atom stereocenters. The highest BCUT2D eigenvalue weighted by Gasteiger charge is 2.33. The third-order valence-corrected chi connectivity index (χ3v) is 6.57. The highest BCUT2D eigenvalue weighted by Crippen LogP contribution is 2.34. The Morgan fingerprint density at radius 2 is 1.77 bits per heavy atom. The summed E-state index contributed by atoms with van der Waals surface area (Å²) in [5, 5.41) is 15.5. The molecule has 1 aliphatic heterocycles. The van der Waals surface area contributed by atoms with Crippen molar-refractivity contribution in [3.8, 4) is 0 Å². The molecule has 2 heterocycles. The van der Waals surface area contributed by atoms with E-state index >= 15 is 0 Å². The fraction of sp³-hybridized carbons (Fsp3) is 0.273. The number of halogens is 1. The number of carbonyl (C=O) groups excluding carboxylic acids is 2. The predicted molar refractivity (Wildman–Crippen MR) is 123 cm³/mol. The van der Waals surface area contributed by atoms with Crippen LogP contribution in [0.15, 0.2) is 42.5 Å². The number of aromatic nitrogens is 2. The first kappa shape index (κ1) is 21.3. The largest absolute Gasteiger partial charge is 0.322 e. The molecule has 1 fully saturated rings. The van der Waals surface area contributed by atoms with Crippen LogP contribution in [0.3, 0.4) is 0 Å². The van der Waals surface area contributed by atoms with Crippen molar-refractivity contribution in [3.05, 3.63) is 68.6 Å². The van der Waals surface area contributed by atoms with E-state index in [1.807, 2.05) is 32.0 Å². The molecule has 31 heavy (non-hydrogen) atoms. The van der Waals surface area contributed by atoms with Gasteiger partial charge in [-0.3, -0.25) is 4.79 Å². The summed E-state index contributed by atoms with van der Waals surface area (Å²) in [5.41, 5.74) is 3.69. The third-order valence-electron chi connectivity index (χ3n) is 5.29. The van der Waals surface area contributed by atoms with Crippen molar-refractivity contribution in [2.24, 2.45) is 0 Å². The Morgan fingerprint density at radius 1 is 1.03 bits per heavy atom. The molecule has 9 heteroatoms. The van der Waals surface area contributed by atoms with Gasteiger partial charge in [-0.05, 0) is 74.2 Å². The Morgan fingerprint density at radius 3 is 2.52 bits per heavy atom. The van der Waals surface area contributed by atoms with Crippen LogP contribution in [-0.4, -0.2) is 33.6 Å². The lowest BCUT2D eigenvalue weighted by Crippen LogP contribution is -2.34. The van der Waals surface area contributed by atoms with Crippen LogP contribution in [0.5, 0.6) is 0 Å². The molecule has 4 rings (SSSR count). The van der Waals surface area contributed by atoms with Gasteiger partial charge in [-0.2, -0.15) is 0 Å². The first-order valence-electron chi connectivity index (χ1n) is 9.96. The number of likely N-dealkylation sites (tertiary alicyclic amines) is 1. The summed E-state index contributed by atoms with van der Waals surface area (Å²) in [7, 11) is 0. The summed E-state index contributed by atoms with van der Waals surface area (Å²) in [6, 6.07) is 12.3. The number of nitrogens with one attached hydrogen (secondary N) is 2. The zero-order valence-corrected chi connectivity index (χ0v) is 18.8. The molecule has 0 aliphatic carbocycles. The van der Waals surface area contributed by atoms with Gasteiger partial charge in [-0.25, -0.2) is 4.79 Å². The molecule has 3 amide bonds. The van der Waals surface area contributed by atoms with E-state index in [1.165, 1.54) is 16.9 Å². The van der Waals surface area contributed by atoms with Gasteiger partial charge in [-0.15, -0.1) is 10.2 Å². The van der Waals surface area contributed by atoms with Crippen molar-refractivity contribution in [1.29, 1.82) is 0 Å². The van der Waals surface area contributed by atoms with Crippen LogP contribution in [0, 0.1) is 13.8 Å². The average Bonchev–Trinajstić information content (AvgIpc) is 3.42. The van der Waals surface area contributed by atoms with Crippen LogP contribution in [0.2, 0.25) is 5.02 Å². The first-order valence-corrected chi connectivity index (χ1v) is 11.2. The van der Waals surface area contributed by atoms with Crippen molar-refractivity contribution >= 4 is 46.3 Å². The fourth-order valence-electron chi connectivity index (χ4n) is 3.46. The number of urea groups is 1. The van der Waals surface area contributed by atoms with Gasteiger partial charge < -0.3 is 15.5 Å². The third kappa shape index (κ3) is 4.86. The molecule has 7 nitrogen and oxygen atoms in total. The number of nitrogens with zero attached hydrogens (tertiary/aromatic N) is 3. The zero-order valence-electron chi connectivity index (χ0n) is 17.2. The standard InChI is InChI=1S/C22H22ClN5O2S/c1-13-5-8-17(12-14(13)2)25-22(30)28-11-3-4-18(28)20-26-27-21(31-20)19(29)24-16-9-6-15(23)7-10-16/h5-10,12,18H,3-4,11H2,1-2H3,(H,24,29)(H,25,30)/t18-/m1/s1. The minimum Gasteiger partial charge on any atom is -0.320 e. The maximum atomic E-state index is 12.9. The number of carbonyl (C=O) groups is 2. The van der Waals surface area contributed by atoms with E-state index in [0.29, 0.717) is 22.3 Å². The Bertz CT molecular complexity index is 1120. The number of aryl methyl sites for hydroxylation is 2. The van der Waals surface area contributed by atoms with Gasteiger partial charge in [0.15, 0.2) is 0 Å².